The zero-order valence-corrected chi connectivity index (χ0v) is 13.3. The van der Waals surface area contributed by atoms with Crippen LogP contribution in [0.3, 0.4) is 0 Å². The Morgan fingerprint density at radius 2 is 2.25 bits per heavy atom. The quantitative estimate of drug-likeness (QED) is 0.436. The number of ether oxygens (including phenoxy) is 1. The van der Waals surface area contributed by atoms with Crippen LogP contribution >= 0.6 is 11.8 Å². The van der Waals surface area contributed by atoms with Crippen LogP contribution in [0.2, 0.25) is 0 Å². The number of aliphatic imine (C=N–C) groups is 1. The molecule has 0 bridgehead atoms. The number of nitrogens with zero attached hydrogens (tertiary/aromatic N) is 2. The third-order valence-electron chi connectivity index (χ3n) is 2.53. The molecule has 0 fully saturated rings. The molecule has 0 aliphatic carbocycles. The van der Waals surface area contributed by atoms with Gasteiger partial charge in [-0.3, -0.25) is 4.99 Å². The average Bonchev–Trinajstić information content (AvgIpc) is 2.49. The fraction of sp³-hybridized carbons (Fsp3) is 0.571. The normalized spacial score (nSPS) is 11.2. The molecule has 2 N–H and O–H groups in total. The Kier molecular flexibility index (Phi) is 8.62. The summed E-state index contributed by atoms with van der Waals surface area (Å²) in [4.78, 5) is 8.44. The zero-order chi connectivity index (χ0) is 14.6. The van der Waals surface area contributed by atoms with E-state index in [0.29, 0.717) is 19.0 Å². The van der Waals surface area contributed by atoms with E-state index in [-0.39, 0.29) is 0 Å². The van der Waals surface area contributed by atoms with E-state index in [0.717, 1.165) is 30.2 Å². The molecule has 6 heteroatoms. The highest BCUT2D eigenvalue weighted by molar-refractivity contribution is 7.98. The number of thioether (sulfide) groups is 1. The lowest BCUT2D eigenvalue weighted by molar-refractivity contribution is 0.305. The van der Waals surface area contributed by atoms with Gasteiger partial charge in [0, 0.05) is 38.2 Å². The molecule has 0 unspecified atom stereocenters. The lowest BCUT2D eigenvalue weighted by atomic mass is 10.3. The van der Waals surface area contributed by atoms with E-state index >= 15 is 0 Å². The molecule has 5 nitrogen and oxygen atoms in total. The highest BCUT2D eigenvalue weighted by Gasteiger charge is 1.99. The Balaban J connectivity index is 2.36. The summed E-state index contributed by atoms with van der Waals surface area (Å²) in [6.45, 7) is 4.38. The molecular weight excluding hydrogens is 272 g/mol. The second-order valence-electron chi connectivity index (χ2n) is 4.20. The standard InChI is InChI=1S/C14H24N4OS/c1-4-8-19-13-6-5-12(10-17-13)11-18-14(15-2)16-7-9-20-3/h5-6,10H,4,7-9,11H2,1-3H3,(H2,15,16,18). The number of aromatic nitrogens is 1. The minimum absolute atomic E-state index is 0.679. The van der Waals surface area contributed by atoms with Crippen LogP contribution in [-0.2, 0) is 6.54 Å². The molecular formula is C14H24N4OS. The van der Waals surface area contributed by atoms with Crippen molar-refractivity contribution in [2.75, 3.05) is 32.2 Å². The number of pyridine rings is 1. The summed E-state index contributed by atoms with van der Waals surface area (Å²) in [7, 11) is 1.77. The summed E-state index contributed by atoms with van der Waals surface area (Å²) in [6.07, 6.45) is 4.90. The van der Waals surface area contributed by atoms with Crippen LogP contribution < -0.4 is 15.4 Å². The van der Waals surface area contributed by atoms with Crippen molar-refractivity contribution in [2.45, 2.75) is 19.9 Å². The van der Waals surface area contributed by atoms with E-state index in [1.807, 2.05) is 30.1 Å². The zero-order valence-electron chi connectivity index (χ0n) is 12.5. The van der Waals surface area contributed by atoms with Crippen LogP contribution in [0.4, 0.5) is 0 Å². The summed E-state index contributed by atoms with van der Waals surface area (Å²) in [6, 6.07) is 3.91. The lowest BCUT2D eigenvalue weighted by Crippen LogP contribution is -2.37. The Morgan fingerprint density at radius 1 is 1.40 bits per heavy atom. The minimum Gasteiger partial charge on any atom is -0.478 e. The van der Waals surface area contributed by atoms with Gasteiger partial charge in [0.15, 0.2) is 5.96 Å². The first kappa shape index (κ1) is 16.6. The van der Waals surface area contributed by atoms with Crippen molar-refractivity contribution in [3.05, 3.63) is 23.9 Å². The summed E-state index contributed by atoms with van der Waals surface area (Å²) >= 11 is 1.81. The molecule has 0 aliphatic heterocycles. The summed E-state index contributed by atoms with van der Waals surface area (Å²) in [5, 5.41) is 6.51. The van der Waals surface area contributed by atoms with E-state index < -0.39 is 0 Å². The molecule has 0 saturated heterocycles. The molecule has 0 amide bonds. The smallest absolute Gasteiger partial charge is 0.213 e. The largest absolute Gasteiger partial charge is 0.478 e. The highest BCUT2D eigenvalue weighted by Crippen LogP contribution is 2.07. The Labute approximate surface area is 125 Å². The molecule has 0 radical (unpaired) electrons. The fourth-order valence-corrected chi connectivity index (χ4v) is 1.79. The topological polar surface area (TPSA) is 58.5 Å². The third-order valence-corrected chi connectivity index (χ3v) is 3.15. The molecule has 0 aromatic carbocycles. The molecule has 0 atom stereocenters. The maximum absolute atomic E-state index is 5.45. The first-order valence-electron chi connectivity index (χ1n) is 6.81. The molecule has 0 aliphatic rings. The number of rotatable bonds is 8. The van der Waals surface area contributed by atoms with Gasteiger partial charge in [0.1, 0.15) is 0 Å². The van der Waals surface area contributed by atoms with Gasteiger partial charge in [0.05, 0.1) is 6.61 Å². The van der Waals surface area contributed by atoms with Crippen molar-refractivity contribution in [1.82, 2.24) is 15.6 Å². The summed E-state index contributed by atoms with van der Waals surface area (Å²) in [5.41, 5.74) is 1.10. The Bertz CT molecular complexity index is 395. The lowest BCUT2D eigenvalue weighted by Gasteiger charge is -2.11. The van der Waals surface area contributed by atoms with E-state index in [9.17, 15) is 0 Å². The van der Waals surface area contributed by atoms with Crippen LogP contribution in [0.1, 0.15) is 18.9 Å². The maximum atomic E-state index is 5.45. The Hall–Kier alpha value is -1.43. The molecule has 0 spiro atoms. The van der Waals surface area contributed by atoms with Gasteiger partial charge < -0.3 is 15.4 Å². The molecule has 0 saturated carbocycles. The van der Waals surface area contributed by atoms with Gasteiger partial charge in [-0.2, -0.15) is 11.8 Å². The maximum Gasteiger partial charge on any atom is 0.213 e. The first-order valence-corrected chi connectivity index (χ1v) is 8.20. The van der Waals surface area contributed by atoms with E-state index in [2.05, 4.69) is 33.8 Å². The van der Waals surface area contributed by atoms with Crippen molar-refractivity contribution in [2.24, 2.45) is 4.99 Å². The second-order valence-corrected chi connectivity index (χ2v) is 5.18. The van der Waals surface area contributed by atoms with E-state index in [1.165, 1.54) is 0 Å². The van der Waals surface area contributed by atoms with Crippen molar-refractivity contribution in [3.8, 4) is 5.88 Å². The van der Waals surface area contributed by atoms with Gasteiger partial charge in [-0.05, 0) is 18.2 Å². The van der Waals surface area contributed by atoms with Crippen molar-refractivity contribution in [1.29, 1.82) is 0 Å². The summed E-state index contributed by atoms with van der Waals surface area (Å²) in [5.74, 6) is 2.55. The van der Waals surface area contributed by atoms with Crippen LogP contribution in [0.15, 0.2) is 23.3 Å². The monoisotopic (exact) mass is 296 g/mol. The first-order chi connectivity index (χ1) is 9.80. The minimum atomic E-state index is 0.679. The van der Waals surface area contributed by atoms with E-state index in [4.69, 9.17) is 4.74 Å². The van der Waals surface area contributed by atoms with Gasteiger partial charge in [-0.1, -0.05) is 13.0 Å². The SMILES string of the molecule is CCCOc1ccc(CNC(=NC)NCCSC)cn1. The number of nitrogens with one attached hydrogen (secondary N) is 2. The van der Waals surface area contributed by atoms with Crippen molar-refractivity contribution < 1.29 is 4.74 Å². The van der Waals surface area contributed by atoms with Crippen LogP contribution in [0.5, 0.6) is 5.88 Å². The van der Waals surface area contributed by atoms with Crippen LogP contribution in [0, 0.1) is 0 Å². The van der Waals surface area contributed by atoms with Crippen LogP contribution in [0.25, 0.3) is 0 Å². The van der Waals surface area contributed by atoms with Crippen LogP contribution in [-0.4, -0.2) is 43.2 Å². The predicted molar refractivity (Wildman–Crippen MR) is 86.6 cm³/mol. The summed E-state index contributed by atoms with van der Waals surface area (Å²) < 4.78 is 5.45. The van der Waals surface area contributed by atoms with Crippen molar-refractivity contribution in [3.63, 3.8) is 0 Å². The Morgan fingerprint density at radius 3 is 2.85 bits per heavy atom. The van der Waals surface area contributed by atoms with Gasteiger partial charge in [-0.15, -0.1) is 0 Å². The fourth-order valence-electron chi connectivity index (χ4n) is 1.49. The number of guanidine groups is 1. The molecule has 1 aromatic rings. The molecule has 20 heavy (non-hydrogen) atoms. The van der Waals surface area contributed by atoms with Crippen molar-refractivity contribution >= 4 is 17.7 Å². The van der Waals surface area contributed by atoms with E-state index in [1.54, 1.807) is 7.05 Å². The number of hydrogen-bond acceptors (Lipinski definition) is 4. The number of hydrogen-bond donors (Lipinski definition) is 2. The van der Waals surface area contributed by atoms with Gasteiger partial charge in [-0.25, -0.2) is 4.98 Å². The molecule has 112 valence electrons. The molecule has 1 rings (SSSR count). The van der Waals surface area contributed by atoms with Gasteiger partial charge >= 0.3 is 0 Å². The average molecular weight is 296 g/mol. The molecule has 1 aromatic heterocycles. The molecule has 1 heterocycles. The van der Waals surface area contributed by atoms with Gasteiger partial charge in [0.25, 0.3) is 0 Å². The van der Waals surface area contributed by atoms with Gasteiger partial charge in [0.2, 0.25) is 5.88 Å². The second kappa shape index (κ2) is 10.4. The predicted octanol–water partition coefficient (Wildman–Crippen LogP) is 1.90. The highest BCUT2D eigenvalue weighted by atomic mass is 32.2. The third kappa shape index (κ3) is 6.65.